The van der Waals surface area contributed by atoms with E-state index in [1.165, 1.54) is 0 Å². The van der Waals surface area contributed by atoms with Crippen molar-refractivity contribution in [3.63, 3.8) is 0 Å². The molecule has 2 aromatic rings. The van der Waals surface area contributed by atoms with Crippen molar-refractivity contribution in [3.05, 3.63) is 51.3 Å². The molecule has 0 aliphatic carbocycles. The molecule has 0 unspecified atom stereocenters. The minimum atomic E-state index is -0.295. The molecule has 0 spiro atoms. The Labute approximate surface area is 119 Å². The standard InChI is InChI=1S/C13H15BrN4O/c1-8-12(14)9(2)18(17-8)7-10-5-3-4-6-11(10)13(19)16-15/h3-6H,7,15H2,1-2H3,(H,16,19). The molecule has 0 aliphatic rings. The highest BCUT2D eigenvalue weighted by molar-refractivity contribution is 9.10. The number of nitrogens with two attached hydrogens (primary N) is 1. The van der Waals surface area contributed by atoms with Gasteiger partial charge in [-0.25, -0.2) is 5.84 Å². The number of rotatable bonds is 3. The van der Waals surface area contributed by atoms with Gasteiger partial charge in [0.1, 0.15) is 0 Å². The number of aryl methyl sites for hydroxylation is 1. The van der Waals surface area contributed by atoms with E-state index in [1.807, 2.05) is 36.7 Å². The molecular formula is C13H15BrN4O. The van der Waals surface area contributed by atoms with E-state index in [4.69, 9.17) is 5.84 Å². The monoisotopic (exact) mass is 322 g/mol. The van der Waals surface area contributed by atoms with Crippen LogP contribution in [-0.2, 0) is 6.54 Å². The maximum Gasteiger partial charge on any atom is 0.265 e. The lowest BCUT2D eigenvalue weighted by Crippen LogP contribution is -2.31. The van der Waals surface area contributed by atoms with E-state index in [-0.39, 0.29) is 5.91 Å². The number of amides is 1. The number of hydrogen-bond acceptors (Lipinski definition) is 3. The van der Waals surface area contributed by atoms with Gasteiger partial charge >= 0.3 is 0 Å². The second-order valence-corrected chi connectivity index (χ2v) is 5.07. The van der Waals surface area contributed by atoms with Crippen LogP contribution in [0.3, 0.4) is 0 Å². The van der Waals surface area contributed by atoms with Crippen LogP contribution in [0.25, 0.3) is 0 Å². The Kier molecular flexibility index (Phi) is 4.01. The van der Waals surface area contributed by atoms with Gasteiger partial charge in [0.15, 0.2) is 0 Å². The topological polar surface area (TPSA) is 72.9 Å². The number of halogens is 1. The minimum absolute atomic E-state index is 0.295. The van der Waals surface area contributed by atoms with Crippen molar-refractivity contribution >= 4 is 21.8 Å². The number of carbonyl (C=O) groups is 1. The number of nitrogens with zero attached hydrogens (tertiary/aromatic N) is 2. The summed E-state index contributed by atoms with van der Waals surface area (Å²) < 4.78 is 2.86. The van der Waals surface area contributed by atoms with Crippen LogP contribution >= 0.6 is 15.9 Å². The van der Waals surface area contributed by atoms with Gasteiger partial charge in [-0.05, 0) is 41.4 Å². The van der Waals surface area contributed by atoms with Crippen molar-refractivity contribution < 1.29 is 4.79 Å². The van der Waals surface area contributed by atoms with Crippen molar-refractivity contribution in [1.29, 1.82) is 0 Å². The SMILES string of the molecule is Cc1nn(Cc2ccccc2C(=O)NN)c(C)c1Br. The average molecular weight is 323 g/mol. The van der Waals surface area contributed by atoms with Gasteiger partial charge in [-0.1, -0.05) is 18.2 Å². The van der Waals surface area contributed by atoms with Crippen molar-refractivity contribution in [2.45, 2.75) is 20.4 Å². The fourth-order valence-electron chi connectivity index (χ4n) is 1.95. The van der Waals surface area contributed by atoms with Crippen LogP contribution in [0, 0.1) is 13.8 Å². The first kappa shape index (κ1) is 13.8. The summed E-state index contributed by atoms with van der Waals surface area (Å²) in [4.78, 5) is 11.7. The molecule has 0 saturated carbocycles. The zero-order valence-corrected chi connectivity index (χ0v) is 12.4. The molecular weight excluding hydrogens is 308 g/mol. The first-order chi connectivity index (χ1) is 9.04. The Balaban J connectivity index is 2.38. The Morgan fingerprint density at radius 3 is 2.68 bits per heavy atom. The van der Waals surface area contributed by atoms with E-state index in [2.05, 4.69) is 26.5 Å². The molecule has 3 N–H and O–H groups in total. The highest BCUT2D eigenvalue weighted by Crippen LogP contribution is 2.21. The average Bonchev–Trinajstić information content (AvgIpc) is 2.66. The van der Waals surface area contributed by atoms with Crippen LogP contribution < -0.4 is 11.3 Å². The highest BCUT2D eigenvalue weighted by atomic mass is 79.9. The molecule has 0 atom stereocenters. The van der Waals surface area contributed by atoms with E-state index < -0.39 is 0 Å². The van der Waals surface area contributed by atoms with Crippen LogP contribution in [0.5, 0.6) is 0 Å². The largest absolute Gasteiger partial charge is 0.290 e. The molecule has 6 heteroatoms. The Morgan fingerprint density at radius 2 is 2.11 bits per heavy atom. The van der Waals surface area contributed by atoms with Gasteiger partial charge in [0.05, 0.1) is 22.4 Å². The molecule has 0 radical (unpaired) electrons. The lowest BCUT2D eigenvalue weighted by Gasteiger charge is -2.09. The number of nitrogens with one attached hydrogen (secondary N) is 1. The third-order valence-electron chi connectivity index (χ3n) is 3.01. The summed E-state index contributed by atoms with van der Waals surface area (Å²) in [5.41, 5.74) is 5.56. The zero-order chi connectivity index (χ0) is 14.0. The molecule has 2 rings (SSSR count). The zero-order valence-electron chi connectivity index (χ0n) is 10.8. The van der Waals surface area contributed by atoms with Crippen LogP contribution in [-0.4, -0.2) is 15.7 Å². The molecule has 100 valence electrons. The van der Waals surface area contributed by atoms with Crippen molar-refractivity contribution in [2.75, 3.05) is 0 Å². The van der Waals surface area contributed by atoms with E-state index in [0.29, 0.717) is 12.1 Å². The number of carbonyl (C=O) groups excluding carboxylic acids is 1. The Morgan fingerprint density at radius 1 is 1.42 bits per heavy atom. The molecule has 0 bridgehead atoms. The quantitative estimate of drug-likeness (QED) is 0.515. The Bertz CT molecular complexity index is 621. The van der Waals surface area contributed by atoms with Crippen LogP contribution in [0.1, 0.15) is 27.3 Å². The summed E-state index contributed by atoms with van der Waals surface area (Å²) in [6, 6.07) is 7.35. The second-order valence-electron chi connectivity index (χ2n) is 4.27. The molecule has 1 heterocycles. The molecule has 1 aromatic heterocycles. The summed E-state index contributed by atoms with van der Waals surface area (Å²) >= 11 is 3.49. The summed E-state index contributed by atoms with van der Waals surface area (Å²) in [7, 11) is 0. The van der Waals surface area contributed by atoms with Crippen LogP contribution in [0.4, 0.5) is 0 Å². The maximum absolute atomic E-state index is 11.7. The van der Waals surface area contributed by atoms with Crippen molar-refractivity contribution in [3.8, 4) is 0 Å². The molecule has 5 nitrogen and oxygen atoms in total. The highest BCUT2D eigenvalue weighted by Gasteiger charge is 2.13. The number of hydrazine groups is 1. The first-order valence-electron chi connectivity index (χ1n) is 5.83. The maximum atomic E-state index is 11.7. The molecule has 1 amide bonds. The number of nitrogen functional groups attached to an aromatic ring is 1. The van der Waals surface area contributed by atoms with E-state index >= 15 is 0 Å². The lowest BCUT2D eigenvalue weighted by atomic mass is 10.1. The normalized spacial score (nSPS) is 10.5. The molecule has 0 aliphatic heterocycles. The molecule has 0 fully saturated rings. The summed E-state index contributed by atoms with van der Waals surface area (Å²) in [6.07, 6.45) is 0. The molecule has 19 heavy (non-hydrogen) atoms. The smallest absolute Gasteiger partial charge is 0.265 e. The van der Waals surface area contributed by atoms with E-state index in [0.717, 1.165) is 21.4 Å². The fourth-order valence-corrected chi connectivity index (χ4v) is 2.23. The van der Waals surface area contributed by atoms with Crippen LogP contribution in [0.2, 0.25) is 0 Å². The Hall–Kier alpha value is -1.66. The van der Waals surface area contributed by atoms with Gasteiger partial charge in [0.2, 0.25) is 0 Å². The summed E-state index contributed by atoms with van der Waals surface area (Å²) in [6.45, 7) is 4.45. The third kappa shape index (κ3) is 2.69. The van der Waals surface area contributed by atoms with E-state index in [9.17, 15) is 4.79 Å². The van der Waals surface area contributed by atoms with E-state index in [1.54, 1.807) is 6.07 Å². The van der Waals surface area contributed by atoms with Gasteiger partial charge in [0, 0.05) is 5.56 Å². The predicted octanol–water partition coefficient (Wildman–Crippen LogP) is 1.91. The number of hydrogen-bond donors (Lipinski definition) is 2. The van der Waals surface area contributed by atoms with Crippen molar-refractivity contribution in [2.24, 2.45) is 5.84 Å². The van der Waals surface area contributed by atoms with Gasteiger partial charge in [0.25, 0.3) is 5.91 Å². The second kappa shape index (κ2) is 5.54. The molecule has 1 aromatic carbocycles. The third-order valence-corrected chi connectivity index (χ3v) is 4.15. The lowest BCUT2D eigenvalue weighted by molar-refractivity contribution is 0.0952. The molecule has 0 saturated heterocycles. The predicted molar refractivity (Wildman–Crippen MR) is 76.6 cm³/mol. The van der Waals surface area contributed by atoms with Crippen LogP contribution in [0.15, 0.2) is 28.7 Å². The number of aromatic nitrogens is 2. The fraction of sp³-hybridized carbons (Fsp3) is 0.231. The summed E-state index contributed by atoms with van der Waals surface area (Å²) in [5, 5.41) is 4.44. The van der Waals surface area contributed by atoms with Gasteiger partial charge in [-0.2, -0.15) is 5.10 Å². The van der Waals surface area contributed by atoms with Crippen molar-refractivity contribution in [1.82, 2.24) is 15.2 Å². The first-order valence-corrected chi connectivity index (χ1v) is 6.62. The van der Waals surface area contributed by atoms with Gasteiger partial charge < -0.3 is 0 Å². The minimum Gasteiger partial charge on any atom is -0.290 e. The number of benzene rings is 1. The van der Waals surface area contributed by atoms with Gasteiger partial charge in [-0.15, -0.1) is 0 Å². The van der Waals surface area contributed by atoms with Gasteiger partial charge in [-0.3, -0.25) is 14.9 Å². The summed E-state index contributed by atoms with van der Waals surface area (Å²) in [5.74, 6) is 4.90.